The van der Waals surface area contributed by atoms with Gasteiger partial charge in [0.05, 0.1) is 0 Å². The first kappa shape index (κ1) is 11.2. The largest absolute Gasteiger partial charge is 0.374 e. The van der Waals surface area contributed by atoms with Gasteiger partial charge in [-0.3, -0.25) is 4.79 Å². The predicted molar refractivity (Wildman–Crippen MR) is 67.1 cm³/mol. The maximum Gasteiger partial charge on any atom is 0.150 e. The normalized spacial score (nSPS) is 16.3. The number of aldehydes is 1. The number of benzene rings is 1. The number of nitrogens with zero attached hydrogens (tertiary/aromatic N) is 1. The quantitative estimate of drug-likeness (QED) is 0.722. The van der Waals surface area contributed by atoms with Crippen LogP contribution in [-0.4, -0.2) is 19.9 Å². The lowest BCUT2D eigenvalue weighted by molar-refractivity contribution is 0.112. The van der Waals surface area contributed by atoms with Crippen LogP contribution in [0.3, 0.4) is 0 Å². The minimum Gasteiger partial charge on any atom is -0.374 e. The first-order valence-corrected chi connectivity index (χ1v) is 6.06. The zero-order valence-electron chi connectivity index (χ0n) is 9.86. The molecule has 0 aromatic heterocycles. The zero-order valence-corrected chi connectivity index (χ0v) is 9.86. The highest BCUT2D eigenvalue weighted by atomic mass is 16.1. The van der Waals surface area contributed by atoms with E-state index in [1.165, 1.54) is 31.4 Å². The molecule has 0 bridgehead atoms. The highest BCUT2D eigenvalue weighted by Gasteiger charge is 2.16. The van der Waals surface area contributed by atoms with Crippen LogP contribution < -0.4 is 4.90 Å². The van der Waals surface area contributed by atoms with Crippen LogP contribution in [0.5, 0.6) is 0 Å². The van der Waals surface area contributed by atoms with Gasteiger partial charge in [-0.05, 0) is 43.0 Å². The Balaban J connectivity index is 1.96. The Morgan fingerprint density at radius 2 is 1.88 bits per heavy atom. The van der Waals surface area contributed by atoms with E-state index in [4.69, 9.17) is 0 Å². The summed E-state index contributed by atoms with van der Waals surface area (Å²) in [6.07, 6.45) is 6.42. The molecule has 0 saturated heterocycles. The Bertz CT molecular complexity index is 338. The lowest BCUT2D eigenvalue weighted by Gasteiger charge is -2.23. The first-order chi connectivity index (χ1) is 7.79. The summed E-state index contributed by atoms with van der Waals surface area (Å²) >= 11 is 0. The average molecular weight is 217 g/mol. The molecule has 1 aromatic carbocycles. The Labute approximate surface area is 97.3 Å². The molecule has 0 heterocycles. The Hall–Kier alpha value is -1.31. The van der Waals surface area contributed by atoms with Gasteiger partial charge >= 0.3 is 0 Å². The van der Waals surface area contributed by atoms with E-state index in [1.807, 2.05) is 24.3 Å². The third kappa shape index (κ3) is 2.63. The van der Waals surface area contributed by atoms with Gasteiger partial charge < -0.3 is 4.90 Å². The maximum atomic E-state index is 10.6. The predicted octanol–water partition coefficient (Wildman–Crippen LogP) is 3.13. The molecule has 0 atom stereocenters. The molecule has 2 heteroatoms. The summed E-state index contributed by atoms with van der Waals surface area (Å²) in [5.41, 5.74) is 1.95. The van der Waals surface area contributed by atoms with Gasteiger partial charge in [-0.15, -0.1) is 0 Å². The van der Waals surface area contributed by atoms with E-state index in [1.54, 1.807) is 0 Å². The summed E-state index contributed by atoms with van der Waals surface area (Å²) in [6.45, 7) is 1.14. The fourth-order valence-corrected chi connectivity index (χ4v) is 2.49. The molecule has 86 valence electrons. The van der Waals surface area contributed by atoms with Crippen LogP contribution in [0.15, 0.2) is 24.3 Å². The van der Waals surface area contributed by atoms with Crippen LogP contribution in [-0.2, 0) is 0 Å². The minimum atomic E-state index is 0.748. The molecule has 1 saturated carbocycles. The smallest absolute Gasteiger partial charge is 0.150 e. The van der Waals surface area contributed by atoms with Crippen molar-refractivity contribution in [1.29, 1.82) is 0 Å². The van der Waals surface area contributed by atoms with E-state index in [2.05, 4.69) is 11.9 Å². The molecule has 1 fully saturated rings. The zero-order chi connectivity index (χ0) is 11.4. The molecule has 16 heavy (non-hydrogen) atoms. The molecule has 1 aliphatic rings. The molecule has 0 radical (unpaired) electrons. The van der Waals surface area contributed by atoms with Crippen molar-refractivity contribution in [1.82, 2.24) is 0 Å². The number of carbonyl (C=O) groups excluding carboxylic acids is 1. The molecule has 0 spiro atoms. The molecular formula is C14H19NO. The molecule has 0 unspecified atom stereocenters. The molecule has 1 aromatic rings. The lowest BCUT2D eigenvalue weighted by Crippen LogP contribution is -2.23. The van der Waals surface area contributed by atoms with Crippen molar-refractivity contribution in [3.63, 3.8) is 0 Å². The summed E-state index contributed by atoms with van der Waals surface area (Å²) in [5.74, 6) is 0.857. The van der Waals surface area contributed by atoms with E-state index in [0.717, 1.165) is 24.3 Å². The van der Waals surface area contributed by atoms with E-state index >= 15 is 0 Å². The monoisotopic (exact) mass is 217 g/mol. The molecule has 1 aliphatic carbocycles. The second kappa shape index (κ2) is 5.15. The van der Waals surface area contributed by atoms with Crippen LogP contribution in [0, 0.1) is 5.92 Å². The van der Waals surface area contributed by atoms with Gasteiger partial charge in [-0.25, -0.2) is 0 Å². The number of rotatable bonds is 4. The molecule has 2 nitrogen and oxygen atoms in total. The first-order valence-electron chi connectivity index (χ1n) is 6.06. The standard InChI is InChI=1S/C14H19NO/c1-15(10-12-4-2-3-5-12)14-8-6-13(11-16)7-9-14/h6-9,11-12H,2-5,10H2,1H3. The van der Waals surface area contributed by atoms with Gasteiger partial charge in [0.1, 0.15) is 6.29 Å². The Morgan fingerprint density at radius 3 is 2.44 bits per heavy atom. The number of hydrogen-bond donors (Lipinski definition) is 0. The number of carbonyl (C=O) groups is 1. The van der Waals surface area contributed by atoms with Gasteiger partial charge in [0.2, 0.25) is 0 Å². The highest BCUT2D eigenvalue weighted by Crippen LogP contribution is 2.26. The van der Waals surface area contributed by atoms with E-state index in [-0.39, 0.29) is 0 Å². The van der Waals surface area contributed by atoms with Gasteiger partial charge in [0, 0.05) is 24.8 Å². The second-order valence-electron chi connectivity index (χ2n) is 4.74. The van der Waals surface area contributed by atoms with Crippen molar-refractivity contribution in [2.24, 2.45) is 5.92 Å². The second-order valence-corrected chi connectivity index (χ2v) is 4.74. The summed E-state index contributed by atoms with van der Waals surface area (Å²) in [5, 5.41) is 0. The maximum absolute atomic E-state index is 10.6. The van der Waals surface area contributed by atoms with Crippen LogP contribution in [0.4, 0.5) is 5.69 Å². The van der Waals surface area contributed by atoms with E-state index in [9.17, 15) is 4.79 Å². The molecular weight excluding hydrogens is 198 g/mol. The van der Waals surface area contributed by atoms with E-state index in [0.29, 0.717) is 0 Å². The lowest BCUT2D eigenvalue weighted by atomic mass is 10.1. The van der Waals surface area contributed by atoms with Crippen molar-refractivity contribution >= 4 is 12.0 Å². The van der Waals surface area contributed by atoms with Gasteiger partial charge in [-0.1, -0.05) is 12.8 Å². The Morgan fingerprint density at radius 1 is 1.25 bits per heavy atom. The average Bonchev–Trinajstić information content (AvgIpc) is 2.82. The molecule has 0 N–H and O–H groups in total. The Kier molecular flexibility index (Phi) is 3.60. The van der Waals surface area contributed by atoms with Gasteiger partial charge in [0.15, 0.2) is 0 Å². The van der Waals surface area contributed by atoms with Crippen LogP contribution in [0.2, 0.25) is 0 Å². The topological polar surface area (TPSA) is 20.3 Å². The van der Waals surface area contributed by atoms with Crippen LogP contribution in [0.1, 0.15) is 36.0 Å². The van der Waals surface area contributed by atoms with Crippen LogP contribution >= 0.6 is 0 Å². The van der Waals surface area contributed by atoms with Crippen molar-refractivity contribution < 1.29 is 4.79 Å². The SMILES string of the molecule is CN(CC1CCCC1)c1ccc(C=O)cc1. The van der Waals surface area contributed by atoms with Crippen molar-refractivity contribution in [3.05, 3.63) is 29.8 Å². The number of anilines is 1. The summed E-state index contributed by atoms with van der Waals surface area (Å²) in [7, 11) is 2.13. The fourth-order valence-electron chi connectivity index (χ4n) is 2.49. The number of hydrogen-bond acceptors (Lipinski definition) is 2. The van der Waals surface area contributed by atoms with Gasteiger partial charge in [-0.2, -0.15) is 0 Å². The highest BCUT2D eigenvalue weighted by molar-refractivity contribution is 5.75. The van der Waals surface area contributed by atoms with Gasteiger partial charge in [0.25, 0.3) is 0 Å². The van der Waals surface area contributed by atoms with Crippen molar-refractivity contribution in [2.45, 2.75) is 25.7 Å². The molecule has 0 amide bonds. The third-order valence-corrected chi connectivity index (χ3v) is 3.48. The van der Waals surface area contributed by atoms with E-state index < -0.39 is 0 Å². The van der Waals surface area contributed by atoms with Crippen molar-refractivity contribution in [3.8, 4) is 0 Å². The van der Waals surface area contributed by atoms with Crippen LogP contribution in [0.25, 0.3) is 0 Å². The molecule has 0 aliphatic heterocycles. The summed E-state index contributed by atoms with van der Waals surface area (Å²) in [4.78, 5) is 12.8. The fraction of sp³-hybridized carbons (Fsp3) is 0.500. The molecule has 2 rings (SSSR count). The minimum absolute atomic E-state index is 0.748. The summed E-state index contributed by atoms with van der Waals surface area (Å²) in [6, 6.07) is 7.82. The van der Waals surface area contributed by atoms with Crippen molar-refractivity contribution in [2.75, 3.05) is 18.5 Å². The third-order valence-electron chi connectivity index (χ3n) is 3.48. The summed E-state index contributed by atoms with van der Waals surface area (Å²) < 4.78 is 0.